The molecule has 1 N–H and O–H groups in total. The Balaban J connectivity index is 3.62. The van der Waals surface area contributed by atoms with Crippen LogP contribution in [0.1, 0.15) is 0 Å². The molecule has 1 rings (SSSR count). The zero-order chi connectivity index (χ0) is 8.43. The highest BCUT2D eigenvalue weighted by Gasteiger charge is 2.01. The molecular formula is C5H5N3O3. The second-order valence-electron chi connectivity index (χ2n) is 1.93. The van der Waals surface area contributed by atoms with Gasteiger partial charge in [0.25, 0.3) is 5.56 Å². The predicted octanol–water partition coefficient (Wildman–Crippen LogP) is -0.529. The number of hydrogen-bond acceptors (Lipinski definition) is 4. The number of nitroso groups, excluding NO2 is 1. The van der Waals surface area contributed by atoms with E-state index in [2.05, 4.69) is 10.2 Å². The Morgan fingerprint density at radius 2 is 2.18 bits per heavy atom. The van der Waals surface area contributed by atoms with Crippen molar-refractivity contribution in [3.05, 3.63) is 31.9 Å². The summed E-state index contributed by atoms with van der Waals surface area (Å²) in [6, 6.07) is 0. The highest BCUT2D eigenvalue weighted by atomic mass is 16.3. The first kappa shape index (κ1) is 7.39. The van der Waals surface area contributed by atoms with Gasteiger partial charge in [0.15, 0.2) is 5.69 Å². The van der Waals surface area contributed by atoms with Gasteiger partial charge in [-0.05, 0) is 5.18 Å². The summed E-state index contributed by atoms with van der Waals surface area (Å²) in [5, 5.41) is 2.42. The summed E-state index contributed by atoms with van der Waals surface area (Å²) >= 11 is 0. The predicted molar refractivity (Wildman–Crippen MR) is 37.8 cm³/mol. The summed E-state index contributed by atoms with van der Waals surface area (Å²) in [4.78, 5) is 33.6. The van der Waals surface area contributed by atoms with E-state index in [1.165, 1.54) is 7.05 Å². The Hall–Kier alpha value is -1.72. The number of aromatic nitrogens is 2. The molecule has 6 heteroatoms. The molecule has 11 heavy (non-hydrogen) atoms. The molecule has 0 spiro atoms. The maximum absolute atomic E-state index is 10.9. The van der Waals surface area contributed by atoms with Gasteiger partial charge in [0.1, 0.15) is 0 Å². The number of hydrogen-bond donors (Lipinski definition) is 1. The van der Waals surface area contributed by atoms with E-state index in [-0.39, 0.29) is 5.69 Å². The number of rotatable bonds is 1. The van der Waals surface area contributed by atoms with Crippen molar-refractivity contribution >= 4 is 5.69 Å². The molecule has 58 valence electrons. The Labute approximate surface area is 60.5 Å². The van der Waals surface area contributed by atoms with Crippen LogP contribution in [0.25, 0.3) is 0 Å². The molecule has 0 aliphatic carbocycles. The summed E-state index contributed by atoms with van der Waals surface area (Å²) < 4.78 is 0.775. The van der Waals surface area contributed by atoms with Gasteiger partial charge in [0.05, 0.1) is 0 Å². The Kier molecular flexibility index (Phi) is 1.67. The first-order valence-electron chi connectivity index (χ1n) is 2.79. The zero-order valence-corrected chi connectivity index (χ0v) is 5.70. The third-order valence-electron chi connectivity index (χ3n) is 1.26. The maximum Gasteiger partial charge on any atom is 0.328 e. The van der Waals surface area contributed by atoms with Crippen molar-refractivity contribution in [2.24, 2.45) is 12.2 Å². The summed E-state index contributed by atoms with van der Waals surface area (Å²) in [7, 11) is 1.26. The number of nitrogens with one attached hydrogen (secondary N) is 1. The standard InChI is InChI=1S/C5H5N3O3/c1-8-4(9)3(7-11)2-6-5(8)10/h2H,1H3,(H,6,10). The molecule has 0 bridgehead atoms. The van der Waals surface area contributed by atoms with Crippen LogP contribution in [0.4, 0.5) is 5.69 Å². The SMILES string of the molecule is Cn1c(=O)[nH]cc(N=O)c1=O. The summed E-state index contributed by atoms with van der Waals surface area (Å²) in [6.07, 6.45) is 0.984. The lowest BCUT2D eigenvalue weighted by Gasteiger charge is -1.92. The van der Waals surface area contributed by atoms with Gasteiger partial charge in [0.2, 0.25) is 0 Å². The van der Waals surface area contributed by atoms with E-state index in [0.717, 1.165) is 10.8 Å². The van der Waals surface area contributed by atoms with Crippen LogP contribution in [0, 0.1) is 4.91 Å². The Bertz CT molecular complexity index is 389. The van der Waals surface area contributed by atoms with Gasteiger partial charge in [-0.1, -0.05) is 0 Å². The Morgan fingerprint density at radius 1 is 1.55 bits per heavy atom. The van der Waals surface area contributed by atoms with Crippen molar-refractivity contribution < 1.29 is 0 Å². The third kappa shape index (κ3) is 1.09. The van der Waals surface area contributed by atoms with Gasteiger partial charge < -0.3 is 4.98 Å². The van der Waals surface area contributed by atoms with Crippen LogP contribution in [0.3, 0.4) is 0 Å². The van der Waals surface area contributed by atoms with Crippen LogP contribution in [0.2, 0.25) is 0 Å². The van der Waals surface area contributed by atoms with E-state index in [1.807, 2.05) is 0 Å². The summed E-state index contributed by atoms with van der Waals surface area (Å²) in [5.74, 6) is 0. The van der Waals surface area contributed by atoms with E-state index < -0.39 is 11.2 Å². The molecule has 1 aromatic rings. The largest absolute Gasteiger partial charge is 0.328 e. The first-order chi connectivity index (χ1) is 5.16. The van der Waals surface area contributed by atoms with Crippen molar-refractivity contribution in [3.63, 3.8) is 0 Å². The van der Waals surface area contributed by atoms with Gasteiger partial charge in [-0.2, -0.15) is 0 Å². The number of aromatic amines is 1. The lowest BCUT2D eigenvalue weighted by molar-refractivity contribution is 0.776. The van der Waals surface area contributed by atoms with E-state index in [0.29, 0.717) is 0 Å². The van der Waals surface area contributed by atoms with Crippen LogP contribution in [0.15, 0.2) is 21.0 Å². The molecule has 0 unspecified atom stereocenters. The molecule has 0 aromatic carbocycles. The van der Waals surface area contributed by atoms with Crippen molar-refractivity contribution in [2.75, 3.05) is 0 Å². The van der Waals surface area contributed by atoms with E-state index in [4.69, 9.17) is 0 Å². The van der Waals surface area contributed by atoms with Gasteiger partial charge in [-0.15, -0.1) is 4.91 Å². The van der Waals surface area contributed by atoms with Gasteiger partial charge in [-0.3, -0.25) is 9.36 Å². The summed E-state index contributed by atoms with van der Waals surface area (Å²) in [6.45, 7) is 0. The van der Waals surface area contributed by atoms with Crippen LogP contribution in [-0.4, -0.2) is 9.55 Å². The van der Waals surface area contributed by atoms with Crippen molar-refractivity contribution in [3.8, 4) is 0 Å². The molecule has 0 radical (unpaired) electrons. The maximum atomic E-state index is 10.9. The number of H-pyrrole nitrogens is 1. The molecule has 0 saturated heterocycles. The first-order valence-corrected chi connectivity index (χ1v) is 2.79. The van der Waals surface area contributed by atoms with Crippen molar-refractivity contribution in [1.82, 2.24) is 9.55 Å². The van der Waals surface area contributed by atoms with Crippen molar-refractivity contribution in [2.45, 2.75) is 0 Å². The van der Waals surface area contributed by atoms with E-state index in [1.54, 1.807) is 0 Å². The lowest BCUT2D eigenvalue weighted by atomic mass is 10.5. The fourth-order valence-electron chi connectivity index (χ4n) is 0.618. The minimum Gasteiger partial charge on any atom is -0.312 e. The highest BCUT2D eigenvalue weighted by Crippen LogP contribution is 1.95. The molecule has 0 aliphatic heterocycles. The lowest BCUT2D eigenvalue weighted by Crippen LogP contribution is -2.31. The number of nitrogens with zero attached hydrogens (tertiary/aromatic N) is 2. The van der Waals surface area contributed by atoms with Crippen LogP contribution in [0.5, 0.6) is 0 Å². The fraction of sp³-hybridized carbons (Fsp3) is 0.200. The van der Waals surface area contributed by atoms with Crippen LogP contribution < -0.4 is 11.2 Å². The molecule has 6 nitrogen and oxygen atoms in total. The molecule has 0 saturated carbocycles. The minimum atomic E-state index is -0.691. The van der Waals surface area contributed by atoms with Gasteiger partial charge >= 0.3 is 5.69 Å². The van der Waals surface area contributed by atoms with Crippen molar-refractivity contribution in [1.29, 1.82) is 0 Å². The van der Waals surface area contributed by atoms with Crippen LogP contribution in [-0.2, 0) is 7.05 Å². The fourth-order valence-corrected chi connectivity index (χ4v) is 0.618. The monoisotopic (exact) mass is 155 g/mol. The molecule has 1 heterocycles. The zero-order valence-electron chi connectivity index (χ0n) is 5.70. The van der Waals surface area contributed by atoms with Gasteiger partial charge in [-0.25, -0.2) is 4.79 Å². The van der Waals surface area contributed by atoms with E-state index >= 15 is 0 Å². The molecular weight excluding hydrogens is 150 g/mol. The average molecular weight is 155 g/mol. The molecule has 0 fully saturated rings. The third-order valence-corrected chi connectivity index (χ3v) is 1.26. The summed E-state index contributed by atoms with van der Waals surface area (Å²) in [5.41, 5.74) is -1.56. The smallest absolute Gasteiger partial charge is 0.312 e. The minimum absolute atomic E-state index is 0.299. The quantitative estimate of drug-likeness (QED) is 0.553. The molecule has 0 amide bonds. The second kappa shape index (κ2) is 2.49. The Morgan fingerprint density at radius 3 is 2.73 bits per heavy atom. The molecule has 1 aromatic heterocycles. The average Bonchev–Trinajstić information content (AvgIpc) is 2.01. The highest BCUT2D eigenvalue weighted by molar-refractivity contribution is 5.28. The van der Waals surface area contributed by atoms with Gasteiger partial charge in [0, 0.05) is 13.2 Å². The molecule has 0 aliphatic rings. The second-order valence-corrected chi connectivity index (χ2v) is 1.93. The van der Waals surface area contributed by atoms with E-state index in [9.17, 15) is 14.5 Å². The molecule has 0 atom stereocenters. The normalized spacial score (nSPS) is 9.55. The topological polar surface area (TPSA) is 84.3 Å². The van der Waals surface area contributed by atoms with Crippen LogP contribution >= 0.6 is 0 Å².